The van der Waals surface area contributed by atoms with Crippen LogP contribution in [0.25, 0.3) is 16.9 Å². The third-order valence-corrected chi connectivity index (χ3v) is 7.33. The predicted molar refractivity (Wildman–Crippen MR) is 117 cm³/mol. The Morgan fingerprint density at radius 2 is 1.74 bits per heavy atom. The van der Waals surface area contributed by atoms with Gasteiger partial charge in [-0.05, 0) is 81.7 Å². The maximum Gasteiger partial charge on any atom is 0.291 e. The van der Waals surface area contributed by atoms with E-state index >= 15 is 0 Å². The fraction of sp³-hybridized carbons (Fsp3) is 0.625. The molecule has 0 amide bonds. The van der Waals surface area contributed by atoms with Crippen LogP contribution in [0.2, 0.25) is 0 Å². The molecule has 0 atom stereocenters. The van der Waals surface area contributed by atoms with E-state index in [0.717, 1.165) is 56.5 Å². The van der Waals surface area contributed by atoms with E-state index in [9.17, 15) is 0 Å². The van der Waals surface area contributed by atoms with Gasteiger partial charge in [-0.15, -0.1) is 0 Å². The number of piperidine rings is 1. The number of nitrogens with zero attached hydrogens (tertiary/aromatic N) is 5. The second-order valence-electron chi connectivity index (χ2n) is 9.48. The van der Waals surface area contributed by atoms with Crippen LogP contribution in [-0.4, -0.2) is 57.7 Å². The minimum absolute atomic E-state index is 0.352. The maximum absolute atomic E-state index is 5.73. The van der Waals surface area contributed by atoms with E-state index in [1.165, 1.54) is 49.7 Å². The quantitative estimate of drug-likeness (QED) is 0.592. The molecule has 2 aliphatic heterocycles. The molecule has 6 rings (SSSR count). The molecule has 7 nitrogen and oxygen atoms in total. The molecule has 4 heterocycles. The molecule has 3 aliphatic rings. The molecule has 0 radical (unpaired) electrons. The van der Waals surface area contributed by atoms with Gasteiger partial charge in [0.2, 0.25) is 5.89 Å². The van der Waals surface area contributed by atoms with E-state index in [2.05, 4.69) is 28.3 Å². The summed E-state index contributed by atoms with van der Waals surface area (Å²) in [4.78, 5) is 7.39. The van der Waals surface area contributed by atoms with Crippen LogP contribution in [0.5, 0.6) is 0 Å². The first-order valence-electron chi connectivity index (χ1n) is 12.0. The van der Waals surface area contributed by atoms with Crippen LogP contribution < -0.4 is 0 Å². The van der Waals surface area contributed by atoms with Crippen molar-refractivity contribution in [1.29, 1.82) is 0 Å². The van der Waals surface area contributed by atoms with Gasteiger partial charge in [0, 0.05) is 30.4 Å². The van der Waals surface area contributed by atoms with E-state index in [4.69, 9.17) is 19.3 Å². The molecule has 0 unspecified atom stereocenters. The highest BCUT2D eigenvalue weighted by Crippen LogP contribution is 2.42. The average Bonchev–Trinajstić information content (AvgIpc) is 3.42. The van der Waals surface area contributed by atoms with Crippen LogP contribution in [0.4, 0.5) is 0 Å². The number of para-hydroxylation sites is 1. The Balaban J connectivity index is 1.11. The molecular formula is C24H31N5O2. The van der Waals surface area contributed by atoms with E-state index in [1.54, 1.807) is 0 Å². The molecule has 2 aromatic heterocycles. The molecular weight excluding hydrogens is 390 g/mol. The Labute approximate surface area is 182 Å². The topological polar surface area (TPSA) is 69.2 Å². The summed E-state index contributed by atoms with van der Waals surface area (Å²) >= 11 is 0. The Bertz CT molecular complexity index is 1030. The summed E-state index contributed by atoms with van der Waals surface area (Å²) in [6.45, 7) is 5.32. The summed E-state index contributed by atoms with van der Waals surface area (Å²) in [5, 5.41) is 10.4. The summed E-state index contributed by atoms with van der Waals surface area (Å²) in [6, 6.07) is 8.39. The van der Waals surface area contributed by atoms with Crippen molar-refractivity contribution < 1.29 is 9.26 Å². The third-order valence-electron chi connectivity index (χ3n) is 7.33. The number of likely N-dealkylation sites (tertiary alicyclic amines) is 1. The Morgan fingerprint density at radius 3 is 2.55 bits per heavy atom. The summed E-state index contributed by atoms with van der Waals surface area (Å²) < 4.78 is 13.1. The van der Waals surface area contributed by atoms with Gasteiger partial charge in [0.1, 0.15) is 0 Å². The number of aromatic nitrogens is 4. The lowest BCUT2D eigenvalue weighted by Gasteiger charge is -2.32. The maximum atomic E-state index is 5.73. The molecule has 3 aromatic rings. The molecule has 3 fully saturated rings. The van der Waals surface area contributed by atoms with Gasteiger partial charge in [0.05, 0.1) is 11.2 Å². The smallest absolute Gasteiger partial charge is 0.291 e. The molecule has 0 spiro atoms. The van der Waals surface area contributed by atoms with Crippen LogP contribution in [0.1, 0.15) is 68.4 Å². The van der Waals surface area contributed by atoms with Crippen molar-refractivity contribution in [2.24, 2.45) is 5.92 Å². The van der Waals surface area contributed by atoms with E-state index in [-0.39, 0.29) is 0 Å². The molecule has 2 saturated heterocycles. The van der Waals surface area contributed by atoms with Crippen LogP contribution in [0.3, 0.4) is 0 Å². The number of ether oxygens (including phenoxy) is 1. The summed E-state index contributed by atoms with van der Waals surface area (Å²) in [5.74, 6) is 3.12. The van der Waals surface area contributed by atoms with Crippen molar-refractivity contribution >= 4 is 10.9 Å². The lowest BCUT2D eigenvalue weighted by Crippen LogP contribution is -2.35. The van der Waals surface area contributed by atoms with E-state index in [0.29, 0.717) is 17.8 Å². The van der Waals surface area contributed by atoms with Gasteiger partial charge in [-0.2, -0.15) is 14.8 Å². The Morgan fingerprint density at radius 1 is 0.935 bits per heavy atom. The van der Waals surface area contributed by atoms with Crippen molar-refractivity contribution in [2.75, 3.05) is 32.8 Å². The first kappa shape index (κ1) is 19.4. The standard InChI is InChI=1S/C24H31N5O2/c1-2-4-21-20(3-1)22(18-5-6-18)26-29(21)24-25-23(31-27-24)19-8-13-28(14-9-19)12-7-17-10-15-30-16-11-17/h1-4,17-19H,5-16H2. The third kappa shape index (κ3) is 4.01. The zero-order valence-electron chi connectivity index (χ0n) is 18.1. The fourth-order valence-electron chi connectivity index (χ4n) is 5.18. The van der Waals surface area contributed by atoms with Crippen molar-refractivity contribution in [3.63, 3.8) is 0 Å². The predicted octanol–water partition coefficient (Wildman–Crippen LogP) is 4.28. The molecule has 31 heavy (non-hydrogen) atoms. The first-order valence-corrected chi connectivity index (χ1v) is 12.0. The van der Waals surface area contributed by atoms with E-state index < -0.39 is 0 Å². The Kier molecular flexibility index (Phi) is 5.24. The van der Waals surface area contributed by atoms with Crippen LogP contribution in [-0.2, 0) is 4.74 Å². The van der Waals surface area contributed by atoms with Crippen LogP contribution in [0.15, 0.2) is 28.8 Å². The summed E-state index contributed by atoms with van der Waals surface area (Å²) in [6.07, 6.45) is 8.38. The lowest BCUT2D eigenvalue weighted by molar-refractivity contribution is 0.0586. The Hall–Kier alpha value is -2.25. The van der Waals surface area contributed by atoms with Crippen molar-refractivity contribution in [1.82, 2.24) is 24.8 Å². The average molecular weight is 422 g/mol. The van der Waals surface area contributed by atoms with Gasteiger partial charge in [-0.3, -0.25) is 0 Å². The van der Waals surface area contributed by atoms with Gasteiger partial charge in [-0.1, -0.05) is 18.2 Å². The molecule has 164 valence electrons. The fourth-order valence-corrected chi connectivity index (χ4v) is 5.18. The molecule has 1 aromatic carbocycles. The van der Waals surface area contributed by atoms with Gasteiger partial charge < -0.3 is 14.2 Å². The van der Waals surface area contributed by atoms with Gasteiger partial charge in [-0.25, -0.2) is 0 Å². The summed E-state index contributed by atoms with van der Waals surface area (Å²) in [7, 11) is 0. The number of hydrogen-bond donors (Lipinski definition) is 0. The largest absolute Gasteiger partial charge is 0.381 e. The lowest BCUT2D eigenvalue weighted by atomic mass is 9.94. The van der Waals surface area contributed by atoms with E-state index in [1.807, 2.05) is 10.7 Å². The van der Waals surface area contributed by atoms with Gasteiger partial charge in [0.15, 0.2) is 0 Å². The number of hydrogen-bond acceptors (Lipinski definition) is 6. The second kappa shape index (κ2) is 8.36. The SMILES string of the molecule is c1ccc2c(c1)c(C1CC1)nn2-c1noc(C2CCN(CCC3CCOCC3)CC2)n1. The van der Waals surface area contributed by atoms with Gasteiger partial charge >= 0.3 is 0 Å². The minimum Gasteiger partial charge on any atom is -0.381 e. The molecule has 1 aliphatic carbocycles. The minimum atomic E-state index is 0.352. The summed E-state index contributed by atoms with van der Waals surface area (Å²) in [5.41, 5.74) is 2.25. The molecule has 1 saturated carbocycles. The molecule has 0 bridgehead atoms. The van der Waals surface area contributed by atoms with Crippen molar-refractivity contribution in [3.05, 3.63) is 35.9 Å². The zero-order chi connectivity index (χ0) is 20.6. The highest BCUT2D eigenvalue weighted by Gasteiger charge is 2.31. The van der Waals surface area contributed by atoms with Gasteiger partial charge in [0.25, 0.3) is 5.95 Å². The number of rotatable bonds is 6. The molecule has 7 heteroatoms. The van der Waals surface area contributed by atoms with Crippen molar-refractivity contribution in [2.45, 2.75) is 56.8 Å². The monoisotopic (exact) mass is 421 g/mol. The number of benzene rings is 1. The number of fused-ring (bicyclic) bond motifs is 1. The van der Waals surface area contributed by atoms with Crippen LogP contribution in [0, 0.1) is 5.92 Å². The zero-order valence-corrected chi connectivity index (χ0v) is 18.1. The van der Waals surface area contributed by atoms with Crippen molar-refractivity contribution in [3.8, 4) is 5.95 Å². The normalized spacial score (nSPS) is 21.8. The highest BCUT2D eigenvalue weighted by atomic mass is 16.5. The second-order valence-corrected chi connectivity index (χ2v) is 9.48. The van der Waals surface area contributed by atoms with Crippen LogP contribution >= 0.6 is 0 Å². The molecule has 0 N–H and O–H groups in total. The highest BCUT2D eigenvalue weighted by molar-refractivity contribution is 5.83. The first-order chi connectivity index (χ1) is 15.3.